The van der Waals surface area contributed by atoms with Crippen molar-refractivity contribution >= 4 is 46.6 Å². The second-order valence-electron chi connectivity index (χ2n) is 11.5. The molecule has 1 radical (unpaired) electrons. The van der Waals surface area contributed by atoms with Crippen LogP contribution in [0.15, 0.2) is 18.2 Å². The Labute approximate surface area is 309 Å². The third-order valence-corrected chi connectivity index (χ3v) is 8.83. The standard InChI is InChI=1S/C30H52N8O8S2.Mn/c1-34-9-11-37(25(27(43)44)5-7-31-29(47)35(13-17-39)14-18-40)21-23-3-2-4-24(33-23)22-38(12-10-34)26(28(45)46)6-8-32-30(48)36(15-19-41)16-20-42;/h2-4,25-26,39-42H,5-22H2,1H3,(H,31,47)(H,32,48)(H,43,44)(H,45,46);. The Balaban J connectivity index is 0.0000120. The van der Waals surface area contributed by atoms with E-state index < -0.39 is 24.0 Å². The number of thiocarbonyl (C=S) groups is 2. The zero-order chi connectivity index (χ0) is 35.5. The second-order valence-corrected chi connectivity index (χ2v) is 12.3. The van der Waals surface area contributed by atoms with E-state index in [0.29, 0.717) is 47.8 Å². The molecule has 8 N–H and O–H groups in total. The van der Waals surface area contributed by atoms with Gasteiger partial charge in [0.1, 0.15) is 12.1 Å². The number of nitrogens with one attached hydrogen (secondary N) is 2. The van der Waals surface area contributed by atoms with Gasteiger partial charge in [-0.15, -0.1) is 0 Å². The summed E-state index contributed by atoms with van der Waals surface area (Å²) < 4.78 is 0. The number of hydrogen-bond acceptors (Lipinski definition) is 12. The minimum atomic E-state index is -0.976. The molecule has 0 saturated heterocycles. The van der Waals surface area contributed by atoms with Gasteiger partial charge in [-0.2, -0.15) is 0 Å². The van der Waals surface area contributed by atoms with Crippen LogP contribution in [0.1, 0.15) is 24.2 Å². The molecule has 1 aliphatic rings. The van der Waals surface area contributed by atoms with E-state index in [1.165, 1.54) is 0 Å². The number of carbonyl (C=O) groups is 2. The van der Waals surface area contributed by atoms with Gasteiger partial charge >= 0.3 is 11.9 Å². The van der Waals surface area contributed by atoms with Crippen LogP contribution in [0.3, 0.4) is 0 Å². The van der Waals surface area contributed by atoms with Gasteiger partial charge in [0, 0.05) is 95.6 Å². The summed E-state index contributed by atoms with van der Waals surface area (Å²) in [7, 11) is 1.92. The summed E-state index contributed by atoms with van der Waals surface area (Å²) in [4.78, 5) is 38.8. The van der Waals surface area contributed by atoms with Gasteiger partial charge in [0.15, 0.2) is 10.2 Å². The number of aliphatic hydroxyl groups is 4. The second kappa shape index (κ2) is 24.8. The van der Waals surface area contributed by atoms with E-state index >= 15 is 0 Å². The van der Waals surface area contributed by atoms with E-state index in [1.807, 2.05) is 39.9 Å². The smallest absolute Gasteiger partial charge is 0.320 e. The number of aliphatic hydroxyl groups excluding tert-OH is 4. The normalized spacial score (nSPS) is 15.9. The zero-order valence-electron chi connectivity index (χ0n) is 28.0. The Morgan fingerprint density at radius 2 is 1.12 bits per heavy atom. The first-order valence-corrected chi connectivity index (χ1v) is 16.9. The molecular weight excluding hydrogens is 719 g/mol. The van der Waals surface area contributed by atoms with Crippen LogP contribution in [-0.4, -0.2) is 193 Å². The van der Waals surface area contributed by atoms with Crippen LogP contribution in [0.25, 0.3) is 0 Å². The Morgan fingerprint density at radius 3 is 1.45 bits per heavy atom. The largest absolute Gasteiger partial charge is 0.480 e. The van der Waals surface area contributed by atoms with E-state index in [-0.39, 0.29) is 109 Å². The van der Waals surface area contributed by atoms with Crippen molar-refractivity contribution in [1.29, 1.82) is 0 Å². The minimum Gasteiger partial charge on any atom is -0.480 e. The molecule has 16 nitrogen and oxygen atoms in total. The van der Waals surface area contributed by atoms with Crippen molar-refractivity contribution in [3.05, 3.63) is 29.6 Å². The SMILES string of the molecule is CN1CCN(C(CCNC(=S)N(CCO)CCO)C(=O)O)Cc2cccc(n2)CN(C(CCNC(=S)N(CCO)CCO)C(=O)O)CC1.[Mn]. The first-order valence-electron chi connectivity index (χ1n) is 16.1. The van der Waals surface area contributed by atoms with Gasteiger partial charge in [0.05, 0.1) is 37.8 Å². The number of aliphatic carboxylic acids is 2. The van der Waals surface area contributed by atoms with Gasteiger partial charge in [0.2, 0.25) is 0 Å². The molecule has 0 aliphatic carbocycles. The molecule has 279 valence electrons. The summed E-state index contributed by atoms with van der Waals surface area (Å²) >= 11 is 10.8. The molecule has 2 bridgehead atoms. The molecule has 1 aromatic rings. The first kappa shape index (κ1) is 44.7. The molecule has 1 aliphatic heterocycles. The molecule has 2 heterocycles. The molecule has 0 fully saturated rings. The van der Waals surface area contributed by atoms with Crippen molar-refractivity contribution in [3.63, 3.8) is 0 Å². The fourth-order valence-electron chi connectivity index (χ4n) is 5.41. The molecule has 19 heteroatoms. The van der Waals surface area contributed by atoms with Crippen LogP contribution in [-0.2, 0) is 39.7 Å². The summed E-state index contributed by atoms with van der Waals surface area (Å²) in [6, 6.07) is 3.81. The molecular formula is C30H52MnN8O8S2. The third-order valence-electron chi connectivity index (χ3n) is 8.03. The number of aromatic nitrogens is 1. The number of fused-ring (bicyclic) bond motifs is 2. The summed E-state index contributed by atoms with van der Waals surface area (Å²) in [6.07, 6.45) is 0.489. The molecule has 1 aromatic heterocycles. The Bertz CT molecular complexity index is 1070. The molecule has 0 spiro atoms. The van der Waals surface area contributed by atoms with Crippen LogP contribution in [0, 0.1) is 0 Å². The van der Waals surface area contributed by atoms with E-state index in [4.69, 9.17) is 29.4 Å². The molecule has 2 atom stereocenters. The van der Waals surface area contributed by atoms with Crippen molar-refractivity contribution in [2.45, 2.75) is 38.0 Å². The van der Waals surface area contributed by atoms with E-state index in [1.54, 1.807) is 9.80 Å². The predicted octanol–water partition coefficient (Wildman–Crippen LogP) is -2.36. The molecule has 0 aromatic carbocycles. The summed E-state index contributed by atoms with van der Waals surface area (Å²) in [5, 5.41) is 64.4. The summed E-state index contributed by atoms with van der Waals surface area (Å²) in [5.41, 5.74) is 1.32. The number of nitrogens with zero attached hydrogens (tertiary/aromatic N) is 6. The third kappa shape index (κ3) is 16.1. The van der Waals surface area contributed by atoms with Gasteiger partial charge in [-0.25, -0.2) is 0 Å². The van der Waals surface area contributed by atoms with Crippen LogP contribution < -0.4 is 10.6 Å². The Hall–Kier alpha value is -2.29. The summed E-state index contributed by atoms with van der Waals surface area (Å²) in [5.74, 6) is -1.95. The van der Waals surface area contributed by atoms with Crippen molar-refractivity contribution < 1.29 is 57.3 Å². The molecule has 2 rings (SSSR count). The Morgan fingerprint density at radius 1 is 0.755 bits per heavy atom. The van der Waals surface area contributed by atoms with Gasteiger partial charge in [0.25, 0.3) is 0 Å². The van der Waals surface area contributed by atoms with Gasteiger partial charge in [-0.3, -0.25) is 24.4 Å². The van der Waals surface area contributed by atoms with Crippen LogP contribution in [0.2, 0.25) is 0 Å². The van der Waals surface area contributed by atoms with Crippen molar-refractivity contribution in [3.8, 4) is 0 Å². The summed E-state index contributed by atoms with van der Waals surface area (Å²) in [6.45, 7) is 3.46. The maximum Gasteiger partial charge on any atom is 0.320 e. The number of hydrogen-bond donors (Lipinski definition) is 8. The van der Waals surface area contributed by atoms with Crippen molar-refractivity contribution in [2.24, 2.45) is 0 Å². The minimum absolute atomic E-state index is 0. The van der Waals surface area contributed by atoms with E-state index in [9.17, 15) is 40.2 Å². The fourth-order valence-corrected chi connectivity index (χ4v) is 5.98. The van der Waals surface area contributed by atoms with Gasteiger partial charge in [-0.1, -0.05) is 6.07 Å². The number of carboxylic acid groups (broad SMARTS) is 2. The molecule has 0 amide bonds. The monoisotopic (exact) mass is 771 g/mol. The number of likely N-dealkylation sites (N-methyl/N-ethyl adjacent to an activating group) is 1. The van der Waals surface area contributed by atoms with Crippen LogP contribution >= 0.6 is 24.4 Å². The fraction of sp³-hybridized carbons (Fsp3) is 0.700. The average molecular weight is 772 g/mol. The Kier molecular flexibility index (Phi) is 22.6. The average Bonchev–Trinajstić information content (AvgIpc) is 3.04. The van der Waals surface area contributed by atoms with Crippen LogP contribution in [0.4, 0.5) is 0 Å². The molecule has 49 heavy (non-hydrogen) atoms. The molecule has 2 unspecified atom stereocenters. The van der Waals surface area contributed by atoms with Gasteiger partial charge < -0.3 is 56.0 Å². The van der Waals surface area contributed by atoms with Gasteiger partial charge in [-0.05, 0) is 56.5 Å². The number of rotatable bonds is 18. The van der Waals surface area contributed by atoms with Crippen LogP contribution in [0.5, 0.6) is 0 Å². The topological polar surface area (TPSA) is 209 Å². The van der Waals surface area contributed by atoms with E-state index in [2.05, 4.69) is 10.6 Å². The maximum absolute atomic E-state index is 12.5. The maximum atomic E-state index is 12.5. The van der Waals surface area contributed by atoms with E-state index in [0.717, 1.165) is 0 Å². The molecule has 0 saturated carbocycles. The number of carboxylic acids is 2. The van der Waals surface area contributed by atoms with Crippen molar-refractivity contribution in [1.82, 2.24) is 40.1 Å². The predicted molar refractivity (Wildman–Crippen MR) is 187 cm³/mol. The first-order chi connectivity index (χ1) is 23.0. The number of pyridine rings is 1. The quantitative estimate of drug-likeness (QED) is 0.0580. The zero-order valence-corrected chi connectivity index (χ0v) is 30.8. The van der Waals surface area contributed by atoms with Crippen molar-refractivity contribution in [2.75, 3.05) is 98.9 Å².